The number of aromatic amines is 1. The molecule has 22 heavy (non-hydrogen) atoms. The smallest absolute Gasteiger partial charge is 0.275 e. The van der Waals surface area contributed by atoms with E-state index in [1.807, 2.05) is 32.9 Å². The van der Waals surface area contributed by atoms with Crippen molar-refractivity contribution in [2.45, 2.75) is 33.1 Å². The van der Waals surface area contributed by atoms with Crippen molar-refractivity contribution in [2.75, 3.05) is 0 Å². The third kappa shape index (κ3) is 2.02. The normalized spacial score (nSPS) is 11.2. The zero-order valence-electron chi connectivity index (χ0n) is 12.7. The Morgan fingerprint density at radius 3 is 2.82 bits per heavy atom. The number of hydrogen-bond donors (Lipinski definition) is 1. The van der Waals surface area contributed by atoms with Gasteiger partial charge in [-0.25, -0.2) is 14.3 Å². The molecule has 3 aromatic heterocycles. The van der Waals surface area contributed by atoms with E-state index in [-0.39, 0.29) is 11.5 Å². The van der Waals surface area contributed by atoms with E-state index in [1.165, 1.54) is 10.7 Å². The van der Waals surface area contributed by atoms with Crippen molar-refractivity contribution >= 4 is 11.3 Å². The third-order valence-corrected chi connectivity index (χ3v) is 3.62. The number of fused-ring (bicyclic) bond motifs is 1. The van der Waals surface area contributed by atoms with E-state index < -0.39 is 0 Å². The van der Waals surface area contributed by atoms with Crippen LogP contribution in [0.5, 0.6) is 0 Å². The van der Waals surface area contributed by atoms with Gasteiger partial charge in [0, 0.05) is 12.6 Å². The van der Waals surface area contributed by atoms with Crippen molar-refractivity contribution in [1.29, 1.82) is 0 Å². The number of H-pyrrole nitrogens is 1. The first-order valence-electron chi connectivity index (χ1n) is 7.17. The van der Waals surface area contributed by atoms with E-state index in [0.717, 1.165) is 12.2 Å². The van der Waals surface area contributed by atoms with Gasteiger partial charge in [0.25, 0.3) is 5.56 Å². The first kappa shape index (κ1) is 14.1. The molecule has 6 nitrogen and oxygen atoms in total. The summed E-state index contributed by atoms with van der Waals surface area (Å²) in [5.41, 5.74) is 1.54. The Labute approximate surface area is 127 Å². The minimum atomic E-state index is -0.195. The van der Waals surface area contributed by atoms with Crippen LogP contribution in [0.1, 0.15) is 38.0 Å². The Bertz CT molecular complexity index is 937. The van der Waals surface area contributed by atoms with Crippen molar-refractivity contribution < 1.29 is 4.42 Å². The van der Waals surface area contributed by atoms with Crippen LogP contribution in [0, 0.1) is 6.57 Å². The molecule has 3 rings (SSSR count). The molecule has 6 heteroatoms. The molecule has 0 unspecified atom stereocenters. The standard InChI is InChI=1S/C16H16N4O2/c1-5-10-6-7-12(22-10)14-13(9(2)3)16(21)20-15(19-14)11(17-4)8-18-20/h6-9,18H,5H2,1-3H3. The van der Waals surface area contributed by atoms with Gasteiger partial charge in [0.2, 0.25) is 5.69 Å². The summed E-state index contributed by atoms with van der Waals surface area (Å²) in [4.78, 5) is 20.6. The number of nitrogens with one attached hydrogen (secondary N) is 1. The van der Waals surface area contributed by atoms with Crippen molar-refractivity contribution in [3.8, 4) is 11.5 Å². The molecule has 0 fully saturated rings. The van der Waals surface area contributed by atoms with Gasteiger partial charge in [0.1, 0.15) is 11.5 Å². The molecule has 0 aliphatic carbocycles. The van der Waals surface area contributed by atoms with E-state index in [0.29, 0.717) is 28.4 Å². The lowest BCUT2D eigenvalue weighted by Gasteiger charge is -2.10. The highest BCUT2D eigenvalue weighted by atomic mass is 16.3. The molecular formula is C16H16N4O2. The Balaban J connectivity index is 2.38. The molecule has 0 saturated carbocycles. The quantitative estimate of drug-likeness (QED) is 0.752. The Morgan fingerprint density at radius 2 is 2.23 bits per heavy atom. The first-order chi connectivity index (χ1) is 10.6. The highest BCUT2D eigenvalue weighted by molar-refractivity contribution is 5.71. The maximum atomic E-state index is 12.7. The molecule has 3 aromatic rings. The summed E-state index contributed by atoms with van der Waals surface area (Å²) in [5, 5.41) is 2.80. The van der Waals surface area contributed by atoms with Gasteiger partial charge in [-0.15, -0.1) is 0 Å². The number of nitrogens with zero attached hydrogens (tertiary/aromatic N) is 3. The number of rotatable bonds is 3. The maximum Gasteiger partial charge on any atom is 0.275 e. The van der Waals surface area contributed by atoms with E-state index in [2.05, 4.69) is 14.9 Å². The number of hydrogen-bond acceptors (Lipinski definition) is 3. The van der Waals surface area contributed by atoms with E-state index >= 15 is 0 Å². The second-order valence-electron chi connectivity index (χ2n) is 5.38. The molecule has 0 radical (unpaired) electrons. The summed E-state index contributed by atoms with van der Waals surface area (Å²) in [6, 6.07) is 3.71. The topological polar surface area (TPSA) is 67.7 Å². The molecule has 0 amide bonds. The molecule has 0 aliphatic heterocycles. The highest BCUT2D eigenvalue weighted by Gasteiger charge is 2.21. The molecule has 0 aromatic carbocycles. The number of aryl methyl sites for hydroxylation is 1. The third-order valence-electron chi connectivity index (χ3n) is 3.62. The fraction of sp³-hybridized carbons (Fsp3) is 0.312. The largest absolute Gasteiger partial charge is 0.459 e. The van der Waals surface area contributed by atoms with Crippen molar-refractivity contribution in [3.63, 3.8) is 0 Å². The molecule has 0 atom stereocenters. The van der Waals surface area contributed by atoms with E-state index in [4.69, 9.17) is 11.0 Å². The second-order valence-corrected chi connectivity index (χ2v) is 5.38. The molecule has 0 spiro atoms. The van der Waals surface area contributed by atoms with Crippen molar-refractivity contribution in [3.05, 3.63) is 51.4 Å². The molecule has 0 aliphatic rings. The second kappa shape index (κ2) is 5.19. The average Bonchev–Trinajstić information content (AvgIpc) is 3.12. The van der Waals surface area contributed by atoms with Crippen LogP contribution >= 0.6 is 0 Å². The lowest BCUT2D eigenvalue weighted by molar-refractivity contribution is 0.526. The Morgan fingerprint density at radius 1 is 1.45 bits per heavy atom. The SMILES string of the molecule is [C-]#[N+]c1c[nH]n2c(=O)c(C(C)C)c(-c3ccc(CC)o3)nc12. The van der Waals surface area contributed by atoms with Crippen LogP contribution in [0.3, 0.4) is 0 Å². The van der Waals surface area contributed by atoms with Crippen LogP contribution in [-0.2, 0) is 6.42 Å². The van der Waals surface area contributed by atoms with Gasteiger partial charge in [-0.2, -0.15) is 0 Å². The molecule has 0 bridgehead atoms. The monoisotopic (exact) mass is 296 g/mol. The maximum absolute atomic E-state index is 12.7. The highest BCUT2D eigenvalue weighted by Crippen LogP contribution is 2.29. The lowest BCUT2D eigenvalue weighted by atomic mass is 10.0. The van der Waals surface area contributed by atoms with Gasteiger partial charge in [-0.3, -0.25) is 4.79 Å². The zero-order chi connectivity index (χ0) is 15.9. The van der Waals surface area contributed by atoms with Gasteiger partial charge in [0.15, 0.2) is 11.4 Å². The Kier molecular flexibility index (Phi) is 3.33. The molecule has 3 heterocycles. The molecular weight excluding hydrogens is 280 g/mol. The van der Waals surface area contributed by atoms with Crippen LogP contribution in [0.15, 0.2) is 27.5 Å². The first-order valence-corrected chi connectivity index (χ1v) is 7.17. The predicted octanol–water partition coefficient (Wildman–Crippen LogP) is 3.52. The van der Waals surface area contributed by atoms with Gasteiger partial charge in [-0.1, -0.05) is 20.8 Å². The minimum Gasteiger partial charge on any atom is -0.459 e. The van der Waals surface area contributed by atoms with Crippen LogP contribution in [0.2, 0.25) is 0 Å². The summed E-state index contributed by atoms with van der Waals surface area (Å²) in [5.74, 6) is 1.39. The zero-order valence-corrected chi connectivity index (χ0v) is 12.7. The summed E-state index contributed by atoms with van der Waals surface area (Å²) < 4.78 is 7.08. The van der Waals surface area contributed by atoms with Crippen molar-refractivity contribution in [2.24, 2.45) is 0 Å². The summed E-state index contributed by atoms with van der Waals surface area (Å²) in [6.45, 7) is 13.1. The number of aromatic nitrogens is 3. The fourth-order valence-corrected chi connectivity index (χ4v) is 2.50. The number of furan rings is 1. The van der Waals surface area contributed by atoms with E-state index in [1.54, 1.807) is 0 Å². The Hall–Kier alpha value is -2.81. The predicted molar refractivity (Wildman–Crippen MR) is 83.2 cm³/mol. The van der Waals surface area contributed by atoms with Crippen LogP contribution in [-0.4, -0.2) is 14.6 Å². The van der Waals surface area contributed by atoms with Crippen LogP contribution < -0.4 is 5.56 Å². The molecule has 0 saturated heterocycles. The summed E-state index contributed by atoms with van der Waals surface area (Å²) in [6.07, 6.45) is 2.26. The van der Waals surface area contributed by atoms with Gasteiger partial charge in [0.05, 0.1) is 12.1 Å². The molecule has 112 valence electrons. The van der Waals surface area contributed by atoms with Gasteiger partial charge >= 0.3 is 0 Å². The van der Waals surface area contributed by atoms with Gasteiger partial charge in [-0.05, 0) is 18.1 Å². The van der Waals surface area contributed by atoms with Crippen LogP contribution in [0.4, 0.5) is 5.69 Å². The van der Waals surface area contributed by atoms with E-state index in [9.17, 15) is 4.79 Å². The molecule has 1 N–H and O–H groups in total. The average molecular weight is 296 g/mol. The lowest BCUT2D eigenvalue weighted by Crippen LogP contribution is -2.22. The summed E-state index contributed by atoms with van der Waals surface area (Å²) in [7, 11) is 0. The fourth-order valence-electron chi connectivity index (χ4n) is 2.50. The summed E-state index contributed by atoms with van der Waals surface area (Å²) >= 11 is 0. The van der Waals surface area contributed by atoms with Crippen LogP contribution in [0.25, 0.3) is 21.9 Å². The van der Waals surface area contributed by atoms with Crippen molar-refractivity contribution in [1.82, 2.24) is 14.6 Å². The van der Waals surface area contributed by atoms with Gasteiger partial charge < -0.3 is 9.52 Å². The minimum absolute atomic E-state index is 0.0123.